The molecule has 0 atom stereocenters. The van der Waals surface area contributed by atoms with Gasteiger partial charge in [0.2, 0.25) is 0 Å². The van der Waals surface area contributed by atoms with E-state index in [4.69, 9.17) is 4.74 Å². The minimum absolute atomic E-state index is 0.234. The molecule has 7 heteroatoms. The Balaban J connectivity index is 1.83. The first-order chi connectivity index (χ1) is 11.2. The normalized spacial score (nSPS) is 15.0. The van der Waals surface area contributed by atoms with E-state index in [0.717, 1.165) is 32.8 Å². The van der Waals surface area contributed by atoms with E-state index in [1.165, 1.54) is 12.3 Å². The van der Waals surface area contributed by atoms with Crippen LogP contribution in [-0.4, -0.2) is 67.6 Å². The summed E-state index contributed by atoms with van der Waals surface area (Å²) in [5.41, 5.74) is 0.637. The van der Waals surface area contributed by atoms with E-state index in [9.17, 15) is 9.59 Å². The van der Waals surface area contributed by atoms with Gasteiger partial charge in [-0.2, -0.15) is 0 Å². The van der Waals surface area contributed by atoms with Crippen molar-refractivity contribution in [1.29, 1.82) is 0 Å². The van der Waals surface area contributed by atoms with E-state index < -0.39 is 0 Å². The van der Waals surface area contributed by atoms with Gasteiger partial charge in [-0.25, -0.2) is 0 Å². The summed E-state index contributed by atoms with van der Waals surface area (Å²) in [6, 6.07) is 3.06. The lowest BCUT2D eigenvalue weighted by Gasteiger charge is -2.26. The van der Waals surface area contributed by atoms with Crippen LogP contribution in [0.4, 0.5) is 0 Å². The number of hydrogen-bond acceptors (Lipinski definition) is 5. The molecular formula is C16H22N4O3. The van der Waals surface area contributed by atoms with Crippen molar-refractivity contribution >= 4 is 11.8 Å². The van der Waals surface area contributed by atoms with Gasteiger partial charge in [-0.3, -0.25) is 19.5 Å². The molecular weight excluding hydrogens is 296 g/mol. The molecule has 1 aliphatic rings. The Hall–Kier alpha value is -2.25. The summed E-state index contributed by atoms with van der Waals surface area (Å²) in [5, 5.41) is 5.49. The number of ether oxygens (including phenoxy) is 1. The average Bonchev–Trinajstić information content (AvgIpc) is 2.60. The number of pyridine rings is 1. The van der Waals surface area contributed by atoms with Crippen molar-refractivity contribution in [3.05, 3.63) is 42.2 Å². The Bertz CT molecular complexity index is 556. The lowest BCUT2D eigenvalue weighted by atomic mass is 10.2. The summed E-state index contributed by atoms with van der Waals surface area (Å²) in [6.45, 7) is 8.46. The van der Waals surface area contributed by atoms with Gasteiger partial charge in [-0.05, 0) is 12.1 Å². The number of nitrogens with zero attached hydrogens (tertiary/aromatic N) is 2. The first kappa shape index (κ1) is 17.1. The molecule has 2 amide bonds. The quantitative estimate of drug-likeness (QED) is 0.695. The Labute approximate surface area is 135 Å². The number of nitrogens with one attached hydrogen (secondary N) is 2. The standard InChI is InChI=1S/C16H22N4O3/c1-2-4-18-15(21)13-3-5-17-14(12-13)16(22)19-6-7-20-8-10-23-11-9-20/h2-3,5,12H,1,4,6-11H2,(H,18,21)(H,19,22). The molecule has 1 aromatic rings. The molecule has 0 radical (unpaired) electrons. The van der Waals surface area contributed by atoms with Gasteiger partial charge >= 0.3 is 0 Å². The van der Waals surface area contributed by atoms with Gasteiger partial charge in [0, 0.05) is 44.5 Å². The Morgan fingerprint density at radius 1 is 1.30 bits per heavy atom. The minimum Gasteiger partial charge on any atom is -0.379 e. The number of amides is 2. The zero-order valence-electron chi connectivity index (χ0n) is 13.1. The van der Waals surface area contributed by atoms with Crippen LogP contribution >= 0.6 is 0 Å². The van der Waals surface area contributed by atoms with Crippen molar-refractivity contribution in [3.8, 4) is 0 Å². The zero-order valence-corrected chi connectivity index (χ0v) is 13.1. The number of carbonyl (C=O) groups excluding carboxylic acids is 2. The number of rotatable bonds is 7. The van der Waals surface area contributed by atoms with Crippen LogP contribution in [0.3, 0.4) is 0 Å². The maximum atomic E-state index is 12.1. The summed E-state index contributed by atoms with van der Waals surface area (Å²) in [6.07, 6.45) is 3.05. The van der Waals surface area contributed by atoms with Gasteiger partial charge in [-0.15, -0.1) is 6.58 Å². The summed E-state index contributed by atoms with van der Waals surface area (Å²) in [7, 11) is 0. The topological polar surface area (TPSA) is 83.6 Å². The Morgan fingerprint density at radius 3 is 2.83 bits per heavy atom. The SMILES string of the molecule is C=CCNC(=O)c1ccnc(C(=O)NCCN2CCOCC2)c1. The molecule has 2 heterocycles. The van der Waals surface area contributed by atoms with Crippen molar-refractivity contribution < 1.29 is 14.3 Å². The predicted octanol–water partition coefficient (Wildman–Crippen LogP) is 0.0594. The number of carbonyl (C=O) groups is 2. The largest absolute Gasteiger partial charge is 0.379 e. The molecule has 1 fully saturated rings. The van der Waals surface area contributed by atoms with E-state index in [1.807, 2.05) is 0 Å². The van der Waals surface area contributed by atoms with Crippen LogP contribution in [0.2, 0.25) is 0 Å². The van der Waals surface area contributed by atoms with Crippen LogP contribution in [-0.2, 0) is 4.74 Å². The van der Waals surface area contributed by atoms with Crippen LogP contribution in [0.15, 0.2) is 31.0 Å². The first-order valence-electron chi connectivity index (χ1n) is 7.64. The molecule has 23 heavy (non-hydrogen) atoms. The summed E-state index contributed by atoms with van der Waals surface area (Å²) >= 11 is 0. The number of morpholine rings is 1. The molecule has 124 valence electrons. The molecule has 0 aliphatic carbocycles. The third kappa shape index (κ3) is 5.46. The molecule has 0 aromatic carbocycles. The van der Waals surface area contributed by atoms with Gasteiger partial charge in [0.15, 0.2) is 0 Å². The molecule has 1 saturated heterocycles. The van der Waals surface area contributed by atoms with Crippen molar-refractivity contribution in [1.82, 2.24) is 20.5 Å². The van der Waals surface area contributed by atoms with Gasteiger partial charge in [0.25, 0.3) is 11.8 Å². The molecule has 0 bridgehead atoms. The minimum atomic E-state index is -0.281. The van der Waals surface area contributed by atoms with Crippen molar-refractivity contribution in [2.75, 3.05) is 45.9 Å². The van der Waals surface area contributed by atoms with Crippen LogP contribution in [0.5, 0.6) is 0 Å². The highest BCUT2D eigenvalue weighted by atomic mass is 16.5. The predicted molar refractivity (Wildman–Crippen MR) is 86.4 cm³/mol. The average molecular weight is 318 g/mol. The summed E-state index contributed by atoms with van der Waals surface area (Å²) in [4.78, 5) is 30.2. The number of hydrogen-bond donors (Lipinski definition) is 2. The van der Waals surface area contributed by atoms with Crippen molar-refractivity contribution in [3.63, 3.8) is 0 Å². The van der Waals surface area contributed by atoms with Crippen LogP contribution < -0.4 is 10.6 Å². The van der Waals surface area contributed by atoms with Gasteiger partial charge in [-0.1, -0.05) is 6.08 Å². The molecule has 7 nitrogen and oxygen atoms in total. The molecule has 1 aromatic heterocycles. The maximum absolute atomic E-state index is 12.1. The molecule has 2 N–H and O–H groups in total. The van der Waals surface area contributed by atoms with Gasteiger partial charge in [0.05, 0.1) is 13.2 Å². The summed E-state index contributed by atoms with van der Waals surface area (Å²) in [5.74, 6) is -0.536. The maximum Gasteiger partial charge on any atom is 0.269 e. The highest BCUT2D eigenvalue weighted by molar-refractivity contribution is 5.98. The van der Waals surface area contributed by atoms with Gasteiger partial charge in [0.1, 0.15) is 5.69 Å². The van der Waals surface area contributed by atoms with E-state index in [2.05, 4.69) is 27.1 Å². The second-order valence-corrected chi connectivity index (χ2v) is 5.14. The third-order valence-electron chi connectivity index (χ3n) is 3.48. The second kappa shape index (κ2) is 9.02. The molecule has 1 aliphatic heterocycles. The second-order valence-electron chi connectivity index (χ2n) is 5.14. The highest BCUT2D eigenvalue weighted by Crippen LogP contribution is 2.02. The smallest absolute Gasteiger partial charge is 0.269 e. The van der Waals surface area contributed by atoms with E-state index in [0.29, 0.717) is 18.7 Å². The van der Waals surface area contributed by atoms with Gasteiger partial charge < -0.3 is 15.4 Å². The monoisotopic (exact) mass is 318 g/mol. The van der Waals surface area contributed by atoms with Crippen molar-refractivity contribution in [2.45, 2.75) is 0 Å². The van der Waals surface area contributed by atoms with Crippen LogP contribution in [0.25, 0.3) is 0 Å². The fourth-order valence-corrected chi connectivity index (χ4v) is 2.21. The highest BCUT2D eigenvalue weighted by Gasteiger charge is 2.13. The Kier molecular flexibility index (Phi) is 6.71. The fourth-order valence-electron chi connectivity index (χ4n) is 2.21. The Morgan fingerprint density at radius 2 is 2.09 bits per heavy atom. The molecule has 0 saturated carbocycles. The number of aromatic nitrogens is 1. The zero-order chi connectivity index (χ0) is 16.5. The lowest BCUT2D eigenvalue weighted by Crippen LogP contribution is -2.41. The molecule has 0 spiro atoms. The van der Waals surface area contributed by atoms with E-state index in [-0.39, 0.29) is 17.5 Å². The molecule has 2 rings (SSSR count). The van der Waals surface area contributed by atoms with Crippen LogP contribution in [0, 0.1) is 0 Å². The van der Waals surface area contributed by atoms with Crippen molar-refractivity contribution in [2.24, 2.45) is 0 Å². The first-order valence-corrected chi connectivity index (χ1v) is 7.64. The molecule has 0 unspecified atom stereocenters. The van der Waals surface area contributed by atoms with E-state index in [1.54, 1.807) is 12.1 Å². The summed E-state index contributed by atoms with van der Waals surface area (Å²) < 4.78 is 5.28. The van der Waals surface area contributed by atoms with E-state index >= 15 is 0 Å². The van der Waals surface area contributed by atoms with Crippen LogP contribution in [0.1, 0.15) is 20.8 Å². The lowest BCUT2D eigenvalue weighted by molar-refractivity contribution is 0.0383. The fraction of sp³-hybridized carbons (Fsp3) is 0.438. The third-order valence-corrected chi connectivity index (χ3v) is 3.48.